The Labute approximate surface area is 164 Å². The fourth-order valence-corrected chi connectivity index (χ4v) is 3.49. The van der Waals surface area contributed by atoms with Crippen LogP contribution >= 0.6 is 0 Å². The van der Waals surface area contributed by atoms with E-state index >= 15 is 0 Å². The number of benzene rings is 1. The van der Waals surface area contributed by atoms with Crippen LogP contribution in [0.1, 0.15) is 36.0 Å². The van der Waals surface area contributed by atoms with Crippen LogP contribution in [-0.4, -0.2) is 48.0 Å². The van der Waals surface area contributed by atoms with E-state index in [0.29, 0.717) is 17.8 Å². The second kappa shape index (κ2) is 9.07. The minimum absolute atomic E-state index is 0.0109. The highest BCUT2D eigenvalue weighted by molar-refractivity contribution is 5.93. The van der Waals surface area contributed by atoms with Crippen molar-refractivity contribution in [3.8, 4) is 0 Å². The lowest BCUT2D eigenvalue weighted by Gasteiger charge is -2.23. The average molecular weight is 386 g/mol. The molecule has 2 aromatic rings. The number of halogens is 1. The van der Waals surface area contributed by atoms with Crippen LogP contribution in [-0.2, 0) is 11.3 Å². The minimum atomic E-state index is -0.328. The molecule has 150 valence electrons. The number of rotatable bonds is 7. The summed E-state index contributed by atoms with van der Waals surface area (Å²) in [6.45, 7) is 3.32. The molecule has 0 unspecified atom stereocenters. The van der Waals surface area contributed by atoms with Gasteiger partial charge in [-0.2, -0.15) is 0 Å². The zero-order valence-electron chi connectivity index (χ0n) is 16.6. The summed E-state index contributed by atoms with van der Waals surface area (Å²) >= 11 is 0. The lowest BCUT2D eigenvalue weighted by atomic mass is 10.2. The maximum Gasteiger partial charge on any atom is 0.238 e. The number of carbonyl (C=O) groups excluding carboxylic acids is 1. The van der Waals surface area contributed by atoms with Gasteiger partial charge in [0.1, 0.15) is 17.5 Å². The van der Waals surface area contributed by atoms with Crippen LogP contribution in [0.25, 0.3) is 0 Å². The lowest BCUT2D eigenvalue weighted by Crippen LogP contribution is -2.34. The molecule has 8 heteroatoms. The Morgan fingerprint density at radius 2 is 2.14 bits per heavy atom. The number of anilines is 2. The smallest absolute Gasteiger partial charge is 0.238 e. The molecule has 1 aliphatic rings. The van der Waals surface area contributed by atoms with E-state index in [9.17, 15) is 9.18 Å². The van der Waals surface area contributed by atoms with Crippen molar-refractivity contribution in [1.82, 2.24) is 20.2 Å². The zero-order chi connectivity index (χ0) is 20.1. The fraction of sp³-hybridized carbons (Fsp3) is 0.450. The van der Waals surface area contributed by atoms with E-state index in [0.717, 1.165) is 36.7 Å². The van der Waals surface area contributed by atoms with Gasteiger partial charge >= 0.3 is 0 Å². The van der Waals surface area contributed by atoms with Crippen LogP contribution in [0.2, 0.25) is 0 Å². The monoisotopic (exact) mass is 386 g/mol. The lowest BCUT2D eigenvalue weighted by molar-refractivity contribution is -0.117. The van der Waals surface area contributed by atoms with Gasteiger partial charge in [-0.25, -0.2) is 14.4 Å². The maximum absolute atomic E-state index is 13.7. The Morgan fingerprint density at radius 3 is 2.89 bits per heavy atom. The Bertz CT molecular complexity index is 843. The third-order valence-electron chi connectivity index (χ3n) is 4.96. The first kappa shape index (κ1) is 20.2. The van der Waals surface area contributed by atoms with E-state index in [4.69, 9.17) is 0 Å². The van der Waals surface area contributed by atoms with Gasteiger partial charge in [0.25, 0.3) is 0 Å². The number of nitrogens with zero attached hydrogens (tertiary/aromatic N) is 3. The van der Waals surface area contributed by atoms with Crippen molar-refractivity contribution in [2.75, 3.05) is 37.8 Å². The summed E-state index contributed by atoms with van der Waals surface area (Å²) in [6.07, 6.45) is 1.88. The Kier molecular flexibility index (Phi) is 6.53. The highest BCUT2D eigenvalue weighted by atomic mass is 19.1. The molecule has 1 atom stereocenters. The van der Waals surface area contributed by atoms with Gasteiger partial charge in [0.15, 0.2) is 0 Å². The molecule has 3 N–H and O–H groups in total. The molecule has 1 saturated heterocycles. The molecular formula is C20H27FN6O. The summed E-state index contributed by atoms with van der Waals surface area (Å²) in [5.74, 6) is 0.998. The molecule has 0 bridgehead atoms. The number of hydrogen-bond acceptors (Lipinski definition) is 6. The molecule has 0 spiro atoms. The molecule has 7 nitrogen and oxygen atoms in total. The molecule has 0 aliphatic carbocycles. The zero-order valence-corrected chi connectivity index (χ0v) is 16.6. The first-order chi connectivity index (χ1) is 13.5. The van der Waals surface area contributed by atoms with Crippen molar-refractivity contribution in [3.05, 3.63) is 47.2 Å². The largest absolute Gasteiger partial charge is 0.373 e. The van der Waals surface area contributed by atoms with Crippen molar-refractivity contribution < 1.29 is 9.18 Å². The first-order valence-electron chi connectivity index (χ1n) is 9.51. The first-order valence-corrected chi connectivity index (χ1v) is 9.51. The molecule has 3 rings (SSSR count). The van der Waals surface area contributed by atoms with Crippen LogP contribution in [0.4, 0.5) is 15.9 Å². The van der Waals surface area contributed by atoms with Crippen LogP contribution in [0.15, 0.2) is 24.3 Å². The summed E-state index contributed by atoms with van der Waals surface area (Å²) < 4.78 is 13.7. The number of carbonyl (C=O) groups is 1. The third-order valence-corrected chi connectivity index (χ3v) is 4.96. The Hall–Kier alpha value is -2.58. The van der Waals surface area contributed by atoms with Gasteiger partial charge in [-0.3, -0.25) is 9.69 Å². The van der Waals surface area contributed by atoms with Crippen LogP contribution in [0.5, 0.6) is 0 Å². The number of likely N-dealkylation sites (tertiary alicyclic amines) is 1. The van der Waals surface area contributed by atoms with Gasteiger partial charge in [0.05, 0.1) is 18.3 Å². The van der Waals surface area contributed by atoms with Crippen molar-refractivity contribution in [3.63, 3.8) is 0 Å². The molecule has 2 heterocycles. The van der Waals surface area contributed by atoms with Crippen molar-refractivity contribution in [1.29, 1.82) is 0 Å². The second-order valence-electron chi connectivity index (χ2n) is 6.97. The van der Waals surface area contributed by atoms with Gasteiger partial charge in [-0.15, -0.1) is 0 Å². The van der Waals surface area contributed by atoms with Crippen LogP contribution < -0.4 is 16.0 Å². The van der Waals surface area contributed by atoms with Crippen molar-refractivity contribution in [2.24, 2.45) is 0 Å². The van der Waals surface area contributed by atoms with Gasteiger partial charge in [-0.1, -0.05) is 6.07 Å². The topological polar surface area (TPSA) is 82.2 Å². The molecule has 1 aliphatic heterocycles. The molecular weight excluding hydrogens is 359 g/mol. The molecule has 0 radical (unpaired) electrons. The predicted octanol–water partition coefficient (Wildman–Crippen LogP) is 2.46. The third kappa shape index (κ3) is 4.63. The number of amides is 1. The van der Waals surface area contributed by atoms with Gasteiger partial charge < -0.3 is 16.0 Å². The van der Waals surface area contributed by atoms with Gasteiger partial charge in [-0.05, 0) is 45.5 Å². The minimum Gasteiger partial charge on any atom is -0.373 e. The predicted molar refractivity (Wildman–Crippen MR) is 108 cm³/mol. The summed E-state index contributed by atoms with van der Waals surface area (Å²) in [6, 6.07) is 6.59. The summed E-state index contributed by atoms with van der Waals surface area (Å²) in [7, 11) is 3.71. The van der Waals surface area contributed by atoms with Gasteiger partial charge in [0.2, 0.25) is 5.91 Å². The normalized spacial score (nSPS) is 16.9. The fourth-order valence-electron chi connectivity index (χ4n) is 3.49. The number of aromatic nitrogens is 2. The molecule has 0 saturated carbocycles. The molecule has 1 fully saturated rings. The summed E-state index contributed by atoms with van der Waals surface area (Å²) in [4.78, 5) is 23.9. The standard InChI is InChI=1S/C20H27FN6O/c1-13-15(21)6-4-7-16(13)25-19(28)12-27-9-5-8-17(27)20-24-14(11-22-2)10-18(23-3)26-20/h4,6-7,10,17,22H,5,8-9,11-12H2,1-3H3,(H,25,28)(H,23,24,26)/t17-/m1/s1. The van der Waals surface area contributed by atoms with E-state index in [-0.39, 0.29) is 24.3 Å². The van der Waals surface area contributed by atoms with Crippen molar-refractivity contribution in [2.45, 2.75) is 32.4 Å². The number of hydrogen-bond donors (Lipinski definition) is 3. The van der Waals surface area contributed by atoms with E-state index in [1.165, 1.54) is 6.07 Å². The molecule has 1 amide bonds. The highest BCUT2D eigenvalue weighted by Gasteiger charge is 2.30. The molecule has 1 aromatic carbocycles. The number of nitrogens with one attached hydrogen (secondary N) is 3. The van der Waals surface area contributed by atoms with Crippen LogP contribution in [0.3, 0.4) is 0 Å². The second-order valence-corrected chi connectivity index (χ2v) is 6.97. The Balaban J connectivity index is 1.73. The van der Waals surface area contributed by atoms with Crippen molar-refractivity contribution >= 4 is 17.4 Å². The van der Waals surface area contributed by atoms with E-state index in [2.05, 4.69) is 30.8 Å². The van der Waals surface area contributed by atoms with E-state index in [1.54, 1.807) is 19.1 Å². The SMILES string of the molecule is CNCc1cc(NC)nc([C@H]2CCCN2CC(=O)Nc2cccc(F)c2C)n1. The summed E-state index contributed by atoms with van der Waals surface area (Å²) in [5.41, 5.74) is 1.85. The summed E-state index contributed by atoms with van der Waals surface area (Å²) in [5, 5.41) is 9.00. The van der Waals surface area contributed by atoms with Gasteiger partial charge in [0, 0.05) is 30.9 Å². The quantitative estimate of drug-likeness (QED) is 0.678. The highest BCUT2D eigenvalue weighted by Crippen LogP contribution is 2.30. The van der Waals surface area contributed by atoms with Crippen LogP contribution in [0, 0.1) is 12.7 Å². The molecule has 28 heavy (non-hydrogen) atoms. The molecule has 1 aromatic heterocycles. The van der Waals surface area contributed by atoms with E-state index in [1.807, 2.05) is 20.2 Å². The maximum atomic E-state index is 13.7. The van der Waals surface area contributed by atoms with E-state index < -0.39 is 0 Å². The Morgan fingerprint density at radius 1 is 1.32 bits per heavy atom. The average Bonchev–Trinajstić information content (AvgIpc) is 3.13.